The van der Waals surface area contributed by atoms with Gasteiger partial charge in [-0.3, -0.25) is 4.68 Å². The predicted molar refractivity (Wildman–Crippen MR) is 39.0 cm³/mol. The average Bonchev–Trinajstić information content (AvgIpc) is 2.08. The largest absolute Gasteiger partial charge is 0.381 e. The molecule has 0 saturated carbocycles. The van der Waals surface area contributed by atoms with Gasteiger partial charge in [-0.05, 0) is 0 Å². The lowest BCUT2D eigenvalue weighted by Crippen LogP contribution is -2.12. The van der Waals surface area contributed by atoms with Gasteiger partial charge in [0.2, 0.25) is 10.0 Å². The Morgan fingerprint density at radius 3 is 2.36 bits per heavy atom. The summed E-state index contributed by atoms with van der Waals surface area (Å²) in [5, 5.41) is 8.42. The van der Waals surface area contributed by atoms with Crippen LogP contribution < -0.4 is 10.9 Å². The minimum Gasteiger partial charge on any atom is -0.381 e. The Morgan fingerprint density at radius 2 is 2.18 bits per heavy atom. The topological polar surface area (TPSA) is 104 Å². The minimum atomic E-state index is -3.72. The zero-order chi connectivity index (χ0) is 8.65. The van der Waals surface area contributed by atoms with E-state index in [0.717, 1.165) is 0 Å². The smallest absolute Gasteiger partial charge is 0.243 e. The lowest BCUT2D eigenvalue weighted by atomic mass is 10.7. The number of nitrogens with zero attached hydrogens (tertiary/aromatic N) is 2. The highest BCUT2D eigenvalue weighted by atomic mass is 32.2. The quantitative estimate of drug-likeness (QED) is 0.552. The standard InChI is InChI=1S/C4H8N4O2S/c1-8-2-3(4(5)7-8)11(6,9)10/h2H,1H3,(H2,5,7)(H2,6,9,10). The molecule has 1 rings (SSSR count). The van der Waals surface area contributed by atoms with Gasteiger partial charge in [-0.2, -0.15) is 5.10 Å². The van der Waals surface area contributed by atoms with Crippen LogP contribution in [-0.4, -0.2) is 18.2 Å². The Kier molecular flexibility index (Phi) is 1.61. The molecule has 4 N–H and O–H groups in total. The number of hydrogen-bond donors (Lipinski definition) is 2. The van der Waals surface area contributed by atoms with Crippen molar-refractivity contribution in [2.24, 2.45) is 12.2 Å². The molecule has 62 valence electrons. The van der Waals surface area contributed by atoms with E-state index in [4.69, 9.17) is 10.9 Å². The summed E-state index contributed by atoms with van der Waals surface area (Å²) in [6.07, 6.45) is 1.25. The highest BCUT2D eigenvalue weighted by Gasteiger charge is 2.14. The van der Waals surface area contributed by atoms with E-state index in [-0.39, 0.29) is 10.7 Å². The van der Waals surface area contributed by atoms with Crippen molar-refractivity contribution < 1.29 is 8.42 Å². The van der Waals surface area contributed by atoms with Crippen molar-refractivity contribution in [1.29, 1.82) is 0 Å². The molecule has 11 heavy (non-hydrogen) atoms. The van der Waals surface area contributed by atoms with E-state index >= 15 is 0 Å². The fraction of sp³-hybridized carbons (Fsp3) is 0.250. The zero-order valence-corrected chi connectivity index (χ0v) is 6.67. The lowest BCUT2D eigenvalue weighted by molar-refractivity contribution is 0.598. The number of primary sulfonamides is 1. The van der Waals surface area contributed by atoms with Crippen molar-refractivity contribution >= 4 is 15.8 Å². The molecule has 1 aromatic heterocycles. The Bertz CT molecular complexity index is 365. The molecule has 0 bridgehead atoms. The highest BCUT2D eigenvalue weighted by molar-refractivity contribution is 7.89. The number of hydrogen-bond acceptors (Lipinski definition) is 4. The first kappa shape index (κ1) is 8.02. The molecule has 0 radical (unpaired) electrons. The van der Waals surface area contributed by atoms with Crippen LogP contribution in [0.4, 0.5) is 5.82 Å². The van der Waals surface area contributed by atoms with Crippen LogP contribution in [0.2, 0.25) is 0 Å². The second-order valence-corrected chi connectivity index (χ2v) is 3.63. The van der Waals surface area contributed by atoms with Crippen molar-refractivity contribution in [1.82, 2.24) is 9.78 Å². The Morgan fingerprint density at radius 1 is 1.64 bits per heavy atom. The summed E-state index contributed by atoms with van der Waals surface area (Å²) in [4.78, 5) is -0.139. The van der Waals surface area contributed by atoms with Crippen molar-refractivity contribution in [3.05, 3.63) is 6.20 Å². The monoisotopic (exact) mass is 176 g/mol. The molecule has 0 aliphatic heterocycles. The van der Waals surface area contributed by atoms with E-state index in [1.54, 1.807) is 7.05 Å². The van der Waals surface area contributed by atoms with Gasteiger partial charge in [0.15, 0.2) is 5.82 Å². The molecule has 0 aromatic carbocycles. The number of aromatic nitrogens is 2. The van der Waals surface area contributed by atoms with Gasteiger partial charge in [0.25, 0.3) is 0 Å². The molecule has 6 nitrogen and oxygen atoms in total. The summed E-state index contributed by atoms with van der Waals surface area (Å²) >= 11 is 0. The molecule has 0 aliphatic carbocycles. The van der Waals surface area contributed by atoms with E-state index in [2.05, 4.69) is 5.10 Å². The first-order valence-corrected chi connectivity index (χ1v) is 4.28. The van der Waals surface area contributed by atoms with Gasteiger partial charge in [-0.1, -0.05) is 0 Å². The average molecular weight is 176 g/mol. The second kappa shape index (κ2) is 2.21. The number of aryl methyl sites for hydroxylation is 1. The molecular weight excluding hydrogens is 168 g/mol. The predicted octanol–water partition coefficient (Wildman–Crippen LogP) is -1.35. The van der Waals surface area contributed by atoms with Crippen molar-refractivity contribution in [3.8, 4) is 0 Å². The minimum absolute atomic E-state index is 0.0741. The molecule has 0 amide bonds. The van der Waals surface area contributed by atoms with Crippen LogP contribution in [0.3, 0.4) is 0 Å². The van der Waals surface area contributed by atoms with Crippen LogP contribution in [0.15, 0.2) is 11.1 Å². The third-order valence-electron chi connectivity index (χ3n) is 1.13. The summed E-state index contributed by atoms with van der Waals surface area (Å²) in [5.41, 5.74) is 5.24. The molecule has 1 heterocycles. The second-order valence-electron chi connectivity index (χ2n) is 2.10. The van der Waals surface area contributed by atoms with Crippen molar-refractivity contribution in [2.45, 2.75) is 4.90 Å². The third kappa shape index (κ3) is 1.49. The molecule has 0 unspecified atom stereocenters. The maximum atomic E-state index is 10.7. The molecule has 0 atom stereocenters. The normalized spacial score (nSPS) is 11.8. The first-order chi connectivity index (χ1) is 4.91. The molecule has 0 aliphatic rings. The SMILES string of the molecule is Cn1cc(S(N)(=O)=O)c(N)n1. The van der Waals surface area contributed by atoms with E-state index in [1.807, 2.05) is 0 Å². The summed E-state index contributed by atoms with van der Waals surface area (Å²) in [7, 11) is -2.16. The van der Waals surface area contributed by atoms with Crippen LogP contribution in [0, 0.1) is 0 Å². The Balaban J connectivity index is 3.36. The molecule has 0 fully saturated rings. The lowest BCUT2D eigenvalue weighted by Gasteiger charge is -1.90. The van der Waals surface area contributed by atoms with E-state index < -0.39 is 10.0 Å². The molecule has 0 saturated heterocycles. The summed E-state index contributed by atoms with van der Waals surface area (Å²) in [6.45, 7) is 0. The fourth-order valence-electron chi connectivity index (χ4n) is 0.703. The van der Waals surface area contributed by atoms with Gasteiger partial charge in [-0.15, -0.1) is 0 Å². The van der Waals surface area contributed by atoms with Gasteiger partial charge in [-0.25, -0.2) is 13.6 Å². The van der Waals surface area contributed by atoms with Gasteiger partial charge in [0.05, 0.1) is 0 Å². The van der Waals surface area contributed by atoms with Crippen LogP contribution in [0.1, 0.15) is 0 Å². The maximum absolute atomic E-state index is 10.7. The third-order valence-corrected chi connectivity index (χ3v) is 2.06. The van der Waals surface area contributed by atoms with Gasteiger partial charge >= 0.3 is 0 Å². The molecule has 1 aromatic rings. The maximum Gasteiger partial charge on any atom is 0.243 e. The molecule has 0 spiro atoms. The van der Waals surface area contributed by atoms with Gasteiger partial charge in [0.1, 0.15) is 4.90 Å². The first-order valence-electron chi connectivity index (χ1n) is 2.73. The molecule has 7 heteroatoms. The summed E-state index contributed by atoms with van der Waals surface area (Å²) in [6, 6.07) is 0. The summed E-state index contributed by atoms with van der Waals surface area (Å²) in [5.74, 6) is -0.0741. The van der Waals surface area contributed by atoms with E-state index in [0.29, 0.717) is 0 Å². The van der Waals surface area contributed by atoms with E-state index in [9.17, 15) is 8.42 Å². The van der Waals surface area contributed by atoms with Crippen LogP contribution in [-0.2, 0) is 17.1 Å². The summed E-state index contributed by atoms with van der Waals surface area (Å²) < 4.78 is 22.7. The Labute approximate surface area is 63.8 Å². The zero-order valence-electron chi connectivity index (χ0n) is 5.85. The Hall–Kier alpha value is -1.08. The van der Waals surface area contributed by atoms with Gasteiger partial charge in [0, 0.05) is 13.2 Å². The van der Waals surface area contributed by atoms with Crippen LogP contribution in [0.25, 0.3) is 0 Å². The van der Waals surface area contributed by atoms with Crippen molar-refractivity contribution in [3.63, 3.8) is 0 Å². The number of sulfonamides is 1. The van der Waals surface area contributed by atoms with Crippen molar-refractivity contribution in [2.75, 3.05) is 5.73 Å². The molecular formula is C4H8N4O2S. The van der Waals surface area contributed by atoms with Gasteiger partial charge < -0.3 is 5.73 Å². The number of nitrogen functional groups attached to an aromatic ring is 1. The van der Waals surface area contributed by atoms with Crippen LogP contribution >= 0.6 is 0 Å². The highest BCUT2D eigenvalue weighted by Crippen LogP contribution is 2.12. The van der Waals surface area contributed by atoms with Crippen LogP contribution in [0.5, 0.6) is 0 Å². The van der Waals surface area contributed by atoms with E-state index in [1.165, 1.54) is 10.9 Å². The number of nitrogens with two attached hydrogens (primary N) is 2. The fourth-order valence-corrected chi connectivity index (χ4v) is 1.33. The number of anilines is 1. The number of rotatable bonds is 1.